The highest BCUT2D eigenvalue weighted by molar-refractivity contribution is 6.29. The molecule has 17 heavy (non-hydrogen) atoms. The lowest BCUT2D eigenvalue weighted by atomic mass is 10.0. The highest BCUT2D eigenvalue weighted by Crippen LogP contribution is 2.12. The van der Waals surface area contributed by atoms with Gasteiger partial charge in [0.2, 0.25) is 0 Å². The largest absolute Gasteiger partial charge is 0.313 e. The minimum atomic E-state index is 0.510. The van der Waals surface area contributed by atoms with Gasteiger partial charge in [-0.05, 0) is 26.4 Å². The minimum Gasteiger partial charge on any atom is -0.313 e. The van der Waals surface area contributed by atoms with Crippen LogP contribution in [0.25, 0.3) is 0 Å². The fourth-order valence-electron chi connectivity index (χ4n) is 2.23. The summed E-state index contributed by atoms with van der Waals surface area (Å²) in [5.74, 6) is 0. The Labute approximate surface area is 107 Å². The molecule has 1 aliphatic rings. The van der Waals surface area contributed by atoms with Crippen LogP contribution in [0.1, 0.15) is 25.0 Å². The van der Waals surface area contributed by atoms with Crippen molar-refractivity contribution in [3.05, 3.63) is 23.2 Å². The van der Waals surface area contributed by atoms with Crippen molar-refractivity contribution < 1.29 is 0 Å². The summed E-state index contributed by atoms with van der Waals surface area (Å²) >= 11 is 6.00. The lowest BCUT2D eigenvalue weighted by Gasteiger charge is -2.28. The van der Waals surface area contributed by atoms with E-state index in [0.29, 0.717) is 11.2 Å². The molecule has 0 saturated carbocycles. The van der Waals surface area contributed by atoms with Gasteiger partial charge in [-0.1, -0.05) is 18.0 Å². The molecular weight excluding hydrogens is 236 g/mol. The zero-order chi connectivity index (χ0) is 12.1. The maximum atomic E-state index is 6.00. The Bertz CT molecular complexity index is 352. The summed E-state index contributed by atoms with van der Waals surface area (Å²) in [6, 6.07) is 0.601. The molecule has 1 aliphatic heterocycles. The van der Waals surface area contributed by atoms with Crippen LogP contribution in [0.2, 0.25) is 5.15 Å². The van der Waals surface area contributed by atoms with Gasteiger partial charge in [0.25, 0.3) is 0 Å². The summed E-state index contributed by atoms with van der Waals surface area (Å²) in [7, 11) is 2.10. The van der Waals surface area contributed by atoms with Crippen molar-refractivity contribution in [2.75, 3.05) is 20.1 Å². The number of aromatic nitrogens is 2. The second-order valence-electron chi connectivity index (χ2n) is 4.64. The summed E-state index contributed by atoms with van der Waals surface area (Å²) in [4.78, 5) is 10.5. The molecule has 0 radical (unpaired) electrons. The summed E-state index contributed by atoms with van der Waals surface area (Å²) in [5.41, 5.74) is 0.854. The van der Waals surface area contributed by atoms with Crippen molar-refractivity contribution in [1.29, 1.82) is 0 Å². The zero-order valence-corrected chi connectivity index (χ0v) is 11.0. The van der Waals surface area contributed by atoms with Crippen LogP contribution in [-0.4, -0.2) is 41.0 Å². The predicted octanol–water partition coefficient (Wildman–Crippen LogP) is 1.70. The van der Waals surface area contributed by atoms with E-state index in [0.717, 1.165) is 25.3 Å². The first-order valence-electron chi connectivity index (χ1n) is 6.13. The van der Waals surface area contributed by atoms with Crippen LogP contribution in [0.3, 0.4) is 0 Å². The fourth-order valence-corrected chi connectivity index (χ4v) is 2.40. The third-order valence-corrected chi connectivity index (χ3v) is 3.40. The van der Waals surface area contributed by atoms with Crippen molar-refractivity contribution in [2.45, 2.75) is 31.8 Å². The van der Waals surface area contributed by atoms with Gasteiger partial charge in [0.05, 0.1) is 5.69 Å². The van der Waals surface area contributed by atoms with Crippen molar-refractivity contribution in [1.82, 2.24) is 20.2 Å². The first-order chi connectivity index (χ1) is 8.25. The van der Waals surface area contributed by atoms with Crippen LogP contribution in [0, 0.1) is 0 Å². The molecule has 0 spiro atoms. The van der Waals surface area contributed by atoms with Crippen molar-refractivity contribution in [2.24, 2.45) is 0 Å². The average molecular weight is 255 g/mol. The number of halogens is 1. The molecule has 0 unspecified atom stereocenters. The minimum absolute atomic E-state index is 0.510. The van der Waals surface area contributed by atoms with Crippen LogP contribution in [0.15, 0.2) is 12.4 Å². The Kier molecular flexibility index (Phi) is 4.71. The van der Waals surface area contributed by atoms with E-state index in [4.69, 9.17) is 11.6 Å². The van der Waals surface area contributed by atoms with E-state index < -0.39 is 0 Å². The van der Waals surface area contributed by atoms with Crippen LogP contribution >= 0.6 is 11.6 Å². The second-order valence-corrected chi connectivity index (χ2v) is 5.00. The molecule has 0 amide bonds. The Balaban J connectivity index is 1.84. The van der Waals surface area contributed by atoms with Crippen molar-refractivity contribution >= 4 is 11.6 Å². The molecule has 0 bridgehead atoms. The molecule has 1 fully saturated rings. The number of rotatable bonds is 4. The monoisotopic (exact) mass is 254 g/mol. The van der Waals surface area contributed by atoms with Crippen molar-refractivity contribution in [3.8, 4) is 0 Å². The quantitative estimate of drug-likeness (QED) is 0.888. The van der Waals surface area contributed by atoms with E-state index in [9.17, 15) is 0 Å². The van der Waals surface area contributed by atoms with E-state index >= 15 is 0 Å². The topological polar surface area (TPSA) is 41.1 Å². The summed E-state index contributed by atoms with van der Waals surface area (Å²) in [5, 5.41) is 4.05. The number of likely N-dealkylation sites (N-methyl/N-ethyl adjacent to an activating group) is 1. The number of nitrogens with zero attached hydrogens (tertiary/aromatic N) is 3. The number of hydrogen-bond acceptors (Lipinski definition) is 4. The first-order valence-corrected chi connectivity index (χ1v) is 6.51. The van der Waals surface area contributed by atoms with E-state index in [-0.39, 0.29) is 0 Å². The first kappa shape index (κ1) is 12.7. The molecule has 1 N–H and O–H groups in total. The van der Waals surface area contributed by atoms with Crippen LogP contribution in [0.5, 0.6) is 0 Å². The number of nitrogens with one attached hydrogen (secondary N) is 1. The van der Waals surface area contributed by atoms with E-state index in [1.807, 2.05) is 0 Å². The molecule has 5 heteroatoms. The normalized spacial score (nSPS) is 20.8. The number of piperidine rings is 1. The Morgan fingerprint density at radius 3 is 2.94 bits per heavy atom. The highest BCUT2D eigenvalue weighted by atomic mass is 35.5. The molecular formula is C12H19ClN4. The average Bonchev–Trinajstić information content (AvgIpc) is 2.33. The molecule has 2 rings (SSSR count). The maximum Gasteiger partial charge on any atom is 0.151 e. The molecule has 1 aromatic rings. The van der Waals surface area contributed by atoms with E-state index in [1.165, 1.54) is 19.3 Å². The third kappa shape index (κ3) is 3.91. The third-order valence-electron chi connectivity index (χ3n) is 3.09. The molecule has 4 nitrogen and oxygen atoms in total. The number of hydrogen-bond donors (Lipinski definition) is 1. The second kappa shape index (κ2) is 6.28. The molecule has 0 aliphatic carbocycles. The fraction of sp³-hybridized carbons (Fsp3) is 0.667. The highest BCUT2D eigenvalue weighted by Gasteiger charge is 2.15. The van der Waals surface area contributed by atoms with Gasteiger partial charge in [-0.3, -0.25) is 9.88 Å². The van der Waals surface area contributed by atoms with Gasteiger partial charge in [0, 0.05) is 31.5 Å². The molecule has 1 atom stereocenters. The van der Waals surface area contributed by atoms with Gasteiger partial charge >= 0.3 is 0 Å². The Morgan fingerprint density at radius 1 is 1.41 bits per heavy atom. The lowest BCUT2D eigenvalue weighted by molar-refractivity contribution is 0.254. The zero-order valence-electron chi connectivity index (χ0n) is 10.2. The predicted molar refractivity (Wildman–Crippen MR) is 69.0 cm³/mol. The summed E-state index contributed by atoms with van der Waals surface area (Å²) in [6.07, 6.45) is 7.20. The van der Waals surface area contributed by atoms with Crippen LogP contribution in [-0.2, 0) is 6.54 Å². The maximum absolute atomic E-state index is 6.00. The Morgan fingerprint density at radius 2 is 2.24 bits per heavy atom. The molecule has 1 saturated heterocycles. The van der Waals surface area contributed by atoms with E-state index in [2.05, 4.69) is 27.2 Å². The smallest absolute Gasteiger partial charge is 0.151 e. The lowest BCUT2D eigenvalue weighted by Crippen LogP contribution is -2.42. The van der Waals surface area contributed by atoms with Crippen LogP contribution in [0.4, 0.5) is 0 Å². The van der Waals surface area contributed by atoms with Gasteiger partial charge in [-0.2, -0.15) is 0 Å². The molecule has 0 aromatic carbocycles. The molecule has 2 heterocycles. The summed E-state index contributed by atoms with van der Waals surface area (Å²) in [6.45, 7) is 2.93. The van der Waals surface area contributed by atoms with Gasteiger partial charge in [-0.15, -0.1) is 0 Å². The summed E-state index contributed by atoms with van der Waals surface area (Å²) < 4.78 is 0. The van der Waals surface area contributed by atoms with E-state index in [1.54, 1.807) is 12.4 Å². The van der Waals surface area contributed by atoms with Gasteiger partial charge in [-0.25, -0.2) is 4.98 Å². The van der Waals surface area contributed by atoms with Gasteiger partial charge in [0.15, 0.2) is 5.15 Å². The molecule has 94 valence electrons. The van der Waals surface area contributed by atoms with Crippen molar-refractivity contribution in [3.63, 3.8) is 0 Å². The van der Waals surface area contributed by atoms with Gasteiger partial charge in [0.1, 0.15) is 0 Å². The SMILES string of the molecule is CN(Cc1nccnc1Cl)C[C@@H]1CCCCN1. The van der Waals surface area contributed by atoms with Crippen LogP contribution < -0.4 is 5.32 Å². The molecule has 1 aromatic heterocycles. The Hall–Kier alpha value is -0.710. The standard InChI is InChI=1S/C12H19ClN4/c1-17(8-10-4-2-3-5-14-10)9-11-12(13)16-7-6-15-11/h6-7,10,14H,2-5,8-9H2,1H3/t10-/m0/s1. The van der Waals surface area contributed by atoms with Gasteiger partial charge < -0.3 is 5.32 Å².